The van der Waals surface area contributed by atoms with Crippen LogP contribution in [0.5, 0.6) is 5.75 Å². The second-order valence-electron chi connectivity index (χ2n) is 11.0. The first kappa shape index (κ1) is 26.4. The number of benzene rings is 1. The van der Waals surface area contributed by atoms with E-state index in [2.05, 4.69) is 40.5 Å². The summed E-state index contributed by atoms with van der Waals surface area (Å²) >= 11 is 0. The predicted octanol–water partition coefficient (Wildman–Crippen LogP) is 3.65. The second kappa shape index (κ2) is 10.4. The van der Waals surface area contributed by atoms with E-state index in [9.17, 15) is 14.9 Å². The molecule has 2 fully saturated rings. The Morgan fingerprint density at radius 1 is 1.27 bits per heavy atom. The van der Waals surface area contributed by atoms with Crippen LogP contribution in [0.4, 0.5) is 4.79 Å². The van der Waals surface area contributed by atoms with Gasteiger partial charge in [-0.15, -0.1) is 5.10 Å². The quantitative estimate of drug-likeness (QED) is 0.623. The fourth-order valence-corrected chi connectivity index (χ4v) is 5.06. The average molecular weight is 510 g/mol. The first-order valence-corrected chi connectivity index (χ1v) is 12.8. The summed E-state index contributed by atoms with van der Waals surface area (Å²) in [6, 6.07) is 7.39. The number of carbonyl (C=O) groups excluding carboxylic acids is 2. The van der Waals surface area contributed by atoms with Gasteiger partial charge in [-0.2, -0.15) is 5.26 Å². The summed E-state index contributed by atoms with van der Waals surface area (Å²) in [4.78, 5) is 30.5. The molecule has 2 aliphatic heterocycles. The summed E-state index contributed by atoms with van der Waals surface area (Å²) < 4.78 is 12.1. The molecule has 3 heterocycles. The van der Waals surface area contributed by atoms with Crippen LogP contribution in [0, 0.1) is 11.3 Å². The molecule has 2 atom stereocenters. The molecular weight excluding hydrogens is 474 g/mol. The summed E-state index contributed by atoms with van der Waals surface area (Å²) in [5.41, 5.74) is -0.232. The number of H-pyrrole nitrogens is 1. The Labute approximate surface area is 217 Å². The SMILES string of the molecule is CC(C)c1cc(-c2nnn[nH]2)ccc1OC[C@]1(C(=O)N2CCC[C@H]2C#N)CCCN1C(=O)OC(C)(C)C. The van der Waals surface area contributed by atoms with Gasteiger partial charge in [-0.1, -0.05) is 13.8 Å². The molecule has 0 bridgehead atoms. The summed E-state index contributed by atoms with van der Waals surface area (Å²) in [6.07, 6.45) is 1.89. The van der Waals surface area contributed by atoms with Crippen LogP contribution in [0.1, 0.15) is 71.8 Å². The van der Waals surface area contributed by atoms with Gasteiger partial charge in [0.1, 0.15) is 24.0 Å². The smallest absolute Gasteiger partial charge is 0.411 e. The van der Waals surface area contributed by atoms with Crippen molar-refractivity contribution in [1.29, 1.82) is 5.26 Å². The van der Waals surface area contributed by atoms with Crippen molar-refractivity contribution in [2.24, 2.45) is 0 Å². The number of nitriles is 1. The predicted molar refractivity (Wildman–Crippen MR) is 134 cm³/mol. The molecule has 0 aliphatic carbocycles. The van der Waals surface area contributed by atoms with Crippen molar-refractivity contribution in [1.82, 2.24) is 30.4 Å². The number of likely N-dealkylation sites (tertiary alicyclic amines) is 2. The summed E-state index contributed by atoms with van der Waals surface area (Å²) in [5.74, 6) is 1.02. The highest BCUT2D eigenvalue weighted by Gasteiger charge is 2.55. The molecule has 198 valence electrons. The lowest BCUT2D eigenvalue weighted by Gasteiger charge is -2.40. The van der Waals surface area contributed by atoms with Gasteiger partial charge < -0.3 is 14.4 Å². The maximum atomic E-state index is 14.1. The molecule has 0 saturated carbocycles. The highest BCUT2D eigenvalue weighted by molar-refractivity contribution is 5.91. The maximum Gasteiger partial charge on any atom is 0.411 e. The first-order valence-electron chi connectivity index (χ1n) is 12.8. The average Bonchev–Trinajstić information content (AvgIpc) is 3.62. The van der Waals surface area contributed by atoms with Crippen LogP contribution in [-0.4, -0.2) is 79.3 Å². The van der Waals surface area contributed by atoms with Crippen molar-refractivity contribution in [3.8, 4) is 23.2 Å². The van der Waals surface area contributed by atoms with Gasteiger partial charge in [0.05, 0.1) is 6.07 Å². The Kier molecular flexibility index (Phi) is 7.39. The molecular formula is C26H35N7O4. The number of hydrogen-bond donors (Lipinski definition) is 1. The second-order valence-corrected chi connectivity index (χ2v) is 11.0. The van der Waals surface area contributed by atoms with Crippen molar-refractivity contribution in [2.45, 2.75) is 83.4 Å². The van der Waals surface area contributed by atoms with E-state index >= 15 is 0 Å². The third kappa shape index (κ3) is 5.38. The fraction of sp³-hybridized carbons (Fsp3) is 0.615. The number of aromatic amines is 1. The number of nitrogens with zero attached hydrogens (tertiary/aromatic N) is 6. The normalized spacial score (nSPS) is 21.8. The molecule has 0 unspecified atom stereocenters. The van der Waals surface area contributed by atoms with Crippen LogP contribution in [-0.2, 0) is 9.53 Å². The largest absolute Gasteiger partial charge is 0.490 e. The zero-order valence-electron chi connectivity index (χ0n) is 22.2. The van der Waals surface area contributed by atoms with E-state index in [0.29, 0.717) is 43.9 Å². The van der Waals surface area contributed by atoms with Crippen molar-refractivity contribution in [3.05, 3.63) is 23.8 Å². The van der Waals surface area contributed by atoms with Crippen LogP contribution >= 0.6 is 0 Å². The molecule has 2 aromatic rings. The molecule has 2 saturated heterocycles. The third-order valence-electron chi connectivity index (χ3n) is 6.88. The van der Waals surface area contributed by atoms with E-state index in [1.165, 1.54) is 4.90 Å². The van der Waals surface area contributed by atoms with Gasteiger partial charge in [0.25, 0.3) is 5.91 Å². The number of tetrazole rings is 1. The van der Waals surface area contributed by atoms with E-state index in [1.54, 1.807) is 25.7 Å². The Hall–Kier alpha value is -3.68. The zero-order chi connectivity index (χ0) is 26.8. The van der Waals surface area contributed by atoms with E-state index in [1.807, 2.05) is 18.2 Å². The van der Waals surface area contributed by atoms with Gasteiger partial charge in [0.15, 0.2) is 11.4 Å². The number of ether oxygens (including phenoxy) is 2. The highest BCUT2D eigenvalue weighted by atomic mass is 16.6. The number of carbonyl (C=O) groups is 2. The number of nitrogens with one attached hydrogen (secondary N) is 1. The topological polar surface area (TPSA) is 137 Å². The van der Waals surface area contributed by atoms with Crippen LogP contribution in [0.3, 0.4) is 0 Å². The van der Waals surface area contributed by atoms with Gasteiger partial charge in [0, 0.05) is 18.7 Å². The van der Waals surface area contributed by atoms with Crippen molar-refractivity contribution in [2.75, 3.05) is 19.7 Å². The molecule has 1 aromatic heterocycles. The summed E-state index contributed by atoms with van der Waals surface area (Å²) in [5, 5.41) is 23.7. The summed E-state index contributed by atoms with van der Waals surface area (Å²) in [6.45, 7) is 10.3. The molecule has 4 rings (SSSR count). The minimum atomic E-state index is -1.26. The molecule has 1 aromatic carbocycles. The molecule has 11 nitrogen and oxygen atoms in total. The maximum absolute atomic E-state index is 14.1. The number of amides is 2. The van der Waals surface area contributed by atoms with Crippen LogP contribution in [0.15, 0.2) is 18.2 Å². The summed E-state index contributed by atoms with van der Waals surface area (Å²) in [7, 11) is 0. The van der Waals surface area contributed by atoms with Crippen LogP contribution < -0.4 is 4.74 Å². The standard InChI is InChI=1S/C26H35N7O4/c1-17(2)20-14-18(22-28-30-31-29-22)9-10-21(20)36-16-26(23(34)32-12-6-8-19(32)15-27)11-7-13-33(26)24(35)37-25(3,4)5/h9-10,14,17,19H,6-8,11-13,16H2,1-5H3,(H,28,29,30,31)/t19-,26-/m0/s1. The van der Waals surface area contributed by atoms with E-state index < -0.39 is 23.3 Å². The lowest BCUT2D eigenvalue weighted by Crippen LogP contribution is -2.62. The molecule has 0 radical (unpaired) electrons. The van der Waals surface area contributed by atoms with E-state index in [4.69, 9.17) is 9.47 Å². The van der Waals surface area contributed by atoms with Gasteiger partial charge in [-0.3, -0.25) is 9.69 Å². The minimum absolute atomic E-state index is 0.0390. The van der Waals surface area contributed by atoms with Crippen LogP contribution in [0.2, 0.25) is 0 Å². The van der Waals surface area contributed by atoms with Gasteiger partial charge >= 0.3 is 6.09 Å². The van der Waals surface area contributed by atoms with Crippen LogP contribution in [0.25, 0.3) is 11.4 Å². The van der Waals surface area contributed by atoms with E-state index in [0.717, 1.165) is 17.5 Å². The van der Waals surface area contributed by atoms with Gasteiger partial charge in [-0.25, -0.2) is 9.89 Å². The monoisotopic (exact) mass is 509 g/mol. The van der Waals surface area contributed by atoms with Crippen molar-refractivity contribution < 1.29 is 19.1 Å². The number of hydrogen-bond acceptors (Lipinski definition) is 8. The molecule has 2 amide bonds. The zero-order valence-corrected chi connectivity index (χ0v) is 22.2. The Morgan fingerprint density at radius 3 is 2.70 bits per heavy atom. The Bertz CT molecular complexity index is 1170. The number of rotatable bonds is 6. The molecule has 0 spiro atoms. The first-order chi connectivity index (χ1) is 17.6. The molecule has 11 heteroatoms. The lowest BCUT2D eigenvalue weighted by molar-refractivity contribution is -0.144. The van der Waals surface area contributed by atoms with Crippen molar-refractivity contribution in [3.63, 3.8) is 0 Å². The third-order valence-corrected chi connectivity index (χ3v) is 6.88. The number of aromatic nitrogens is 4. The highest BCUT2D eigenvalue weighted by Crippen LogP contribution is 2.37. The van der Waals surface area contributed by atoms with Gasteiger partial charge in [-0.05, 0) is 86.6 Å². The Balaban J connectivity index is 1.67. The fourth-order valence-electron chi connectivity index (χ4n) is 5.06. The van der Waals surface area contributed by atoms with E-state index in [-0.39, 0.29) is 18.4 Å². The van der Waals surface area contributed by atoms with Gasteiger partial charge in [0.2, 0.25) is 0 Å². The molecule has 37 heavy (non-hydrogen) atoms. The molecule has 2 aliphatic rings. The lowest BCUT2D eigenvalue weighted by atomic mass is 9.94. The Morgan fingerprint density at radius 2 is 2.05 bits per heavy atom. The molecule has 1 N–H and O–H groups in total. The minimum Gasteiger partial charge on any atom is -0.490 e. The van der Waals surface area contributed by atoms with Crippen molar-refractivity contribution >= 4 is 12.0 Å².